The number of aryl methyl sites for hydroxylation is 1. The number of rotatable bonds is 6. The van der Waals surface area contributed by atoms with E-state index in [1.54, 1.807) is 26.2 Å². The second-order valence-electron chi connectivity index (χ2n) is 6.85. The zero-order chi connectivity index (χ0) is 21.0. The highest BCUT2D eigenvalue weighted by molar-refractivity contribution is 7.16. The maximum atomic E-state index is 12.5. The zero-order valence-electron chi connectivity index (χ0n) is 16.5. The molecule has 0 atom stereocenters. The Morgan fingerprint density at radius 3 is 2.66 bits per heavy atom. The summed E-state index contributed by atoms with van der Waals surface area (Å²) in [6.45, 7) is 5.13. The van der Waals surface area contributed by atoms with Crippen LogP contribution in [0.25, 0.3) is 10.6 Å². The number of methoxy groups -OCH3 is 1. The first-order valence-electron chi connectivity index (χ1n) is 8.82. The van der Waals surface area contributed by atoms with Crippen molar-refractivity contribution in [1.29, 1.82) is 0 Å². The second kappa shape index (κ2) is 8.36. The van der Waals surface area contributed by atoms with Gasteiger partial charge in [-0.3, -0.25) is 4.79 Å². The van der Waals surface area contributed by atoms with Crippen LogP contribution in [-0.2, 0) is 9.53 Å². The summed E-state index contributed by atoms with van der Waals surface area (Å²) >= 11 is 1.19. The number of thiazole rings is 1. The number of nitrogens with one attached hydrogen (secondary N) is 2. The molecule has 0 aliphatic heterocycles. The average Bonchev–Trinajstić information content (AvgIpc) is 3.18. The molecule has 8 nitrogen and oxygen atoms in total. The minimum atomic E-state index is -1.15. The summed E-state index contributed by atoms with van der Waals surface area (Å²) in [7, 11) is 1.27. The van der Waals surface area contributed by atoms with Crippen molar-refractivity contribution in [3.63, 3.8) is 0 Å². The van der Waals surface area contributed by atoms with Crippen molar-refractivity contribution in [3.8, 4) is 10.6 Å². The van der Waals surface area contributed by atoms with Gasteiger partial charge in [-0.1, -0.05) is 6.07 Å². The lowest BCUT2D eigenvalue weighted by Crippen LogP contribution is -2.50. The van der Waals surface area contributed by atoms with Gasteiger partial charge in [0.05, 0.1) is 17.7 Å². The number of amides is 1. The molecule has 0 bridgehead atoms. The van der Waals surface area contributed by atoms with Crippen molar-refractivity contribution >= 4 is 34.8 Å². The average molecular weight is 411 g/mol. The van der Waals surface area contributed by atoms with E-state index in [1.807, 2.05) is 37.3 Å². The van der Waals surface area contributed by atoms with Crippen LogP contribution in [0.15, 0.2) is 42.7 Å². The molecular weight excluding hydrogens is 390 g/mol. The Bertz CT molecular complexity index is 1050. The number of pyridine rings is 2. The zero-order valence-corrected chi connectivity index (χ0v) is 17.3. The largest absolute Gasteiger partial charge is 0.467 e. The second-order valence-corrected chi connectivity index (χ2v) is 7.88. The first-order chi connectivity index (χ1) is 13.8. The molecule has 3 aromatic heterocycles. The highest BCUT2D eigenvalue weighted by Crippen LogP contribution is 2.26. The van der Waals surface area contributed by atoms with Crippen molar-refractivity contribution in [2.75, 3.05) is 12.4 Å². The Morgan fingerprint density at radius 1 is 1.14 bits per heavy atom. The van der Waals surface area contributed by atoms with Crippen LogP contribution in [0.2, 0.25) is 0 Å². The fourth-order valence-electron chi connectivity index (χ4n) is 2.52. The van der Waals surface area contributed by atoms with E-state index in [2.05, 4.69) is 25.6 Å². The summed E-state index contributed by atoms with van der Waals surface area (Å²) in [5, 5.41) is 6.03. The number of hydrogen-bond donors (Lipinski definition) is 2. The lowest BCUT2D eigenvalue weighted by molar-refractivity contribution is -0.146. The van der Waals surface area contributed by atoms with Crippen LogP contribution in [0.1, 0.15) is 29.2 Å². The molecular formula is C20H21N5O3S. The molecule has 0 aliphatic rings. The molecule has 3 aromatic rings. The van der Waals surface area contributed by atoms with Gasteiger partial charge in [0.25, 0.3) is 5.91 Å². The predicted octanol–water partition coefficient (Wildman–Crippen LogP) is 3.33. The summed E-state index contributed by atoms with van der Waals surface area (Å²) in [5.74, 6) is 0.346. The molecule has 29 heavy (non-hydrogen) atoms. The molecule has 3 heterocycles. The van der Waals surface area contributed by atoms with E-state index in [0.29, 0.717) is 17.3 Å². The molecule has 150 valence electrons. The number of nitrogens with zero attached hydrogens (tertiary/aromatic N) is 3. The molecule has 2 N–H and O–H groups in total. The van der Waals surface area contributed by atoms with Gasteiger partial charge in [-0.25, -0.2) is 19.7 Å². The van der Waals surface area contributed by atoms with Gasteiger partial charge in [0.1, 0.15) is 17.2 Å². The Balaban J connectivity index is 1.76. The number of carbonyl (C=O) groups is 2. The van der Waals surface area contributed by atoms with Gasteiger partial charge in [0.2, 0.25) is 0 Å². The Labute approximate surface area is 172 Å². The van der Waals surface area contributed by atoms with Crippen molar-refractivity contribution in [2.45, 2.75) is 26.3 Å². The first-order valence-corrected chi connectivity index (χ1v) is 9.64. The predicted molar refractivity (Wildman–Crippen MR) is 111 cm³/mol. The van der Waals surface area contributed by atoms with Gasteiger partial charge in [0.15, 0.2) is 5.01 Å². The number of esters is 1. The van der Waals surface area contributed by atoms with Crippen molar-refractivity contribution in [1.82, 2.24) is 20.3 Å². The number of aromatic nitrogens is 3. The molecule has 0 aliphatic carbocycles. The maximum absolute atomic E-state index is 12.5. The van der Waals surface area contributed by atoms with Crippen LogP contribution >= 0.6 is 11.3 Å². The van der Waals surface area contributed by atoms with E-state index < -0.39 is 17.4 Å². The van der Waals surface area contributed by atoms with Gasteiger partial charge in [-0.15, -0.1) is 11.3 Å². The van der Waals surface area contributed by atoms with E-state index in [9.17, 15) is 9.59 Å². The van der Waals surface area contributed by atoms with Crippen LogP contribution in [0, 0.1) is 6.92 Å². The third kappa shape index (κ3) is 4.94. The third-order valence-corrected chi connectivity index (χ3v) is 5.01. The number of anilines is 2. The molecule has 0 radical (unpaired) electrons. The molecule has 0 saturated carbocycles. The Kier molecular flexibility index (Phi) is 5.88. The molecule has 3 rings (SSSR count). The molecule has 0 aromatic carbocycles. The smallest absolute Gasteiger partial charge is 0.330 e. The summed E-state index contributed by atoms with van der Waals surface area (Å²) in [6.07, 6.45) is 3.31. The van der Waals surface area contributed by atoms with E-state index in [0.717, 1.165) is 10.4 Å². The summed E-state index contributed by atoms with van der Waals surface area (Å²) in [6, 6.07) is 9.37. The van der Waals surface area contributed by atoms with Gasteiger partial charge in [-0.05, 0) is 50.6 Å². The standard InChI is InChI=1S/C20H21N5O3S/c1-12-8-9-21-16(10-12)24-15-7-5-6-13(23-15)14-11-22-18(29-14)17(26)25-20(2,3)19(27)28-4/h5-11H,1-4H3,(H,25,26)(H,21,23,24). The van der Waals surface area contributed by atoms with Crippen molar-refractivity contribution in [3.05, 3.63) is 53.3 Å². The van der Waals surface area contributed by atoms with Gasteiger partial charge >= 0.3 is 5.97 Å². The lowest BCUT2D eigenvalue weighted by Gasteiger charge is -2.22. The normalized spacial score (nSPS) is 11.0. The summed E-state index contributed by atoms with van der Waals surface area (Å²) < 4.78 is 4.70. The molecule has 1 amide bonds. The number of ether oxygens (including phenoxy) is 1. The molecule has 0 fully saturated rings. The van der Waals surface area contributed by atoms with Crippen LogP contribution < -0.4 is 10.6 Å². The molecule has 0 saturated heterocycles. The minimum Gasteiger partial charge on any atom is -0.467 e. The summed E-state index contributed by atoms with van der Waals surface area (Å²) in [5.41, 5.74) is 0.610. The van der Waals surface area contributed by atoms with E-state index in [4.69, 9.17) is 4.74 Å². The SMILES string of the molecule is COC(=O)C(C)(C)NC(=O)c1ncc(-c2cccc(Nc3cc(C)ccn3)n2)s1. The quantitative estimate of drug-likeness (QED) is 0.599. The topological polar surface area (TPSA) is 106 Å². The lowest BCUT2D eigenvalue weighted by atomic mass is 10.1. The number of carbonyl (C=O) groups excluding carboxylic acids is 2. The van der Waals surface area contributed by atoms with Crippen LogP contribution in [0.4, 0.5) is 11.6 Å². The minimum absolute atomic E-state index is 0.234. The van der Waals surface area contributed by atoms with Crippen molar-refractivity contribution < 1.29 is 14.3 Å². The van der Waals surface area contributed by atoms with Crippen LogP contribution in [0.3, 0.4) is 0 Å². The Hall–Kier alpha value is -3.33. The number of hydrogen-bond acceptors (Lipinski definition) is 8. The van der Waals surface area contributed by atoms with E-state index in [1.165, 1.54) is 18.4 Å². The fraction of sp³-hybridized carbons (Fsp3) is 0.250. The van der Waals surface area contributed by atoms with Crippen molar-refractivity contribution in [2.24, 2.45) is 0 Å². The van der Waals surface area contributed by atoms with E-state index in [-0.39, 0.29) is 5.01 Å². The molecule has 9 heteroatoms. The molecule has 0 unspecified atom stereocenters. The maximum Gasteiger partial charge on any atom is 0.330 e. The Morgan fingerprint density at radius 2 is 1.93 bits per heavy atom. The highest BCUT2D eigenvalue weighted by Gasteiger charge is 2.31. The van der Waals surface area contributed by atoms with E-state index >= 15 is 0 Å². The van der Waals surface area contributed by atoms with Gasteiger partial charge < -0.3 is 15.4 Å². The van der Waals surface area contributed by atoms with Crippen LogP contribution in [0.5, 0.6) is 0 Å². The fourth-order valence-corrected chi connectivity index (χ4v) is 3.30. The third-order valence-electron chi connectivity index (χ3n) is 3.99. The van der Waals surface area contributed by atoms with Gasteiger partial charge in [-0.2, -0.15) is 0 Å². The monoisotopic (exact) mass is 411 g/mol. The van der Waals surface area contributed by atoms with Crippen LogP contribution in [-0.4, -0.2) is 39.5 Å². The first kappa shape index (κ1) is 20.4. The highest BCUT2D eigenvalue weighted by atomic mass is 32.1. The molecule has 0 spiro atoms. The summed E-state index contributed by atoms with van der Waals surface area (Å²) in [4.78, 5) is 37.9. The van der Waals surface area contributed by atoms with Gasteiger partial charge in [0, 0.05) is 12.4 Å².